The number of hydrogen-bond acceptors (Lipinski definition) is 0. The maximum absolute atomic E-state index is 3.78. The largest absolute Gasteiger partial charge is 1.00 e. The molecule has 0 saturated carbocycles. The molecule has 274 valence electrons. The topological polar surface area (TPSA) is 0 Å². The molecule has 2 aliphatic carbocycles. The van der Waals surface area contributed by atoms with Crippen molar-refractivity contribution in [2.45, 2.75) is 89.0 Å². The molecule has 5 aromatic carbocycles. The molecule has 0 bridgehead atoms. The van der Waals surface area contributed by atoms with E-state index >= 15 is 0 Å². The van der Waals surface area contributed by atoms with Gasteiger partial charge in [0.15, 0.2) is 0 Å². The number of fused-ring (bicyclic) bond motifs is 3. The Balaban J connectivity index is 0.000000283. The number of hydrogen-bond donors (Lipinski definition) is 0. The average Bonchev–Trinajstić information content (AvgIpc) is 3.70. The van der Waals surface area contributed by atoms with Gasteiger partial charge in [-0.3, -0.25) is 6.08 Å². The molecule has 7 rings (SSSR count). The van der Waals surface area contributed by atoms with Crippen LogP contribution in [0.5, 0.6) is 0 Å². The van der Waals surface area contributed by atoms with Gasteiger partial charge in [0.05, 0.1) is 0 Å². The van der Waals surface area contributed by atoms with E-state index in [9.17, 15) is 0 Å². The van der Waals surface area contributed by atoms with E-state index in [1.165, 1.54) is 123 Å². The first kappa shape index (κ1) is 44.3. The molecule has 0 fully saturated rings. The fourth-order valence-electron chi connectivity index (χ4n) is 7.57. The summed E-state index contributed by atoms with van der Waals surface area (Å²) in [5.74, 6) is 0.573. The molecule has 0 spiro atoms. The summed E-state index contributed by atoms with van der Waals surface area (Å²) in [5, 5.41) is 0. The fourth-order valence-corrected chi connectivity index (χ4v) is 7.98. The summed E-state index contributed by atoms with van der Waals surface area (Å²) >= 11 is 1.51. The van der Waals surface area contributed by atoms with Gasteiger partial charge in [-0.2, -0.15) is 11.6 Å². The van der Waals surface area contributed by atoms with Crippen LogP contribution in [0.1, 0.15) is 91.1 Å². The molecule has 0 aromatic heterocycles. The van der Waals surface area contributed by atoms with E-state index in [0.29, 0.717) is 11.3 Å². The molecule has 0 aliphatic heterocycles. The van der Waals surface area contributed by atoms with Gasteiger partial charge in [0.2, 0.25) is 0 Å². The third-order valence-corrected chi connectivity index (χ3v) is 10.8. The molecule has 0 nitrogen and oxygen atoms in total. The number of aryl methyl sites for hydroxylation is 6. The minimum Gasteiger partial charge on any atom is -1.00 e. The van der Waals surface area contributed by atoms with Gasteiger partial charge in [-0.25, -0.2) is 6.08 Å². The summed E-state index contributed by atoms with van der Waals surface area (Å²) in [4.78, 5) is 0. The Hall–Kier alpha value is -3.09. The molecule has 53 heavy (non-hydrogen) atoms. The summed E-state index contributed by atoms with van der Waals surface area (Å²) in [7, 11) is 0. The van der Waals surface area contributed by atoms with Crippen LogP contribution in [0.2, 0.25) is 0 Å². The van der Waals surface area contributed by atoms with Crippen molar-refractivity contribution in [2.75, 3.05) is 0 Å². The third kappa shape index (κ3) is 10.8. The van der Waals surface area contributed by atoms with Crippen LogP contribution >= 0.6 is 0 Å². The second-order valence-electron chi connectivity index (χ2n) is 15.5. The Labute approximate surface area is 348 Å². The predicted octanol–water partition coefficient (Wildman–Crippen LogP) is 7.38. The molecule has 3 heteroatoms. The number of halogens is 2. The minimum atomic E-state index is 0. The second-order valence-corrected chi connectivity index (χ2v) is 17.4. The van der Waals surface area contributed by atoms with E-state index in [4.69, 9.17) is 0 Å². The van der Waals surface area contributed by atoms with Crippen LogP contribution in [0, 0.1) is 65.0 Å². The van der Waals surface area contributed by atoms with Crippen molar-refractivity contribution in [2.24, 2.45) is 11.3 Å². The van der Waals surface area contributed by atoms with Gasteiger partial charge >= 0.3 is 70.3 Å². The van der Waals surface area contributed by atoms with Crippen LogP contribution in [0.3, 0.4) is 0 Å². The normalized spacial score (nSPS) is 13.6. The average molecular weight is 817 g/mol. The number of rotatable bonds is 4. The maximum Gasteiger partial charge on any atom is -0.0125 e. The van der Waals surface area contributed by atoms with Gasteiger partial charge in [-0.15, -0.1) is 29.3 Å². The fraction of sp³-hybridized carbons (Fsp3) is 0.300. The van der Waals surface area contributed by atoms with Crippen molar-refractivity contribution in [3.63, 3.8) is 0 Å². The SMILES string of the molecule is CCC1[C-]=CC(C(C)(C)C)=C1.C[C](=[Zr+2])c1ccccc1.Cc1cc(C)c(-c2[c-]c3c(cc2)-c2ccc(-c4c(C)cc(C)cc4C)cc2C3)c(C)c1.[Cl-].[Cl-]. The third-order valence-electron chi connectivity index (χ3n) is 10.0. The number of benzene rings is 5. The zero-order valence-corrected chi connectivity index (χ0v) is 37.5. The first-order valence-electron chi connectivity index (χ1n) is 18.4. The van der Waals surface area contributed by atoms with Crippen molar-refractivity contribution < 1.29 is 49.0 Å². The van der Waals surface area contributed by atoms with Gasteiger partial charge in [0, 0.05) is 0 Å². The van der Waals surface area contributed by atoms with E-state index in [-0.39, 0.29) is 24.8 Å². The molecular weight excluding hydrogens is 763 g/mol. The van der Waals surface area contributed by atoms with Crippen LogP contribution < -0.4 is 24.8 Å². The van der Waals surface area contributed by atoms with Crippen LogP contribution in [0.15, 0.2) is 103 Å². The maximum atomic E-state index is 3.78. The van der Waals surface area contributed by atoms with Gasteiger partial charge < -0.3 is 24.8 Å². The molecule has 5 aromatic rings. The summed E-state index contributed by atoms with van der Waals surface area (Å²) < 4.78 is 1.46. The first-order chi connectivity index (χ1) is 24.2. The first-order valence-corrected chi connectivity index (χ1v) is 19.7. The zero-order valence-electron chi connectivity index (χ0n) is 33.5. The molecule has 0 N–H and O–H groups in total. The van der Waals surface area contributed by atoms with E-state index in [1.807, 2.05) is 6.07 Å². The van der Waals surface area contributed by atoms with Crippen LogP contribution in [0.4, 0.5) is 0 Å². The van der Waals surface area contributed by atoms with Crippen molar-refractivity contribution in [3.8, 4) is 33.4 Å². The van der Waals surface area contributed by atoms with Gasteiger partial charge in [0.25, 0.3) is 0 Å². The molecule has 1 unspecified atom stereocenters. The van der Waals surface area contributed by atoms with Crippen LogP contribution in [0.25, 0.3) is 33.4 Å². The minimum absolute atomic E-state index is 0. The van der Waals surface area contributed by atoms with Crippen LogP contribution in [-0.2, 0) is 30.7 Å². The molecule has 0 saturated heterocycles. The zero-order chi connectivity index (χ0) is 37.0. The van der Waals surface area contributed by atoms with E-state index in [2.05, 4.69) is 179 Å². The molecule has 1 atom stereocenters. The summed E-state index contributed by atoms with van der Waals surface area (Å²) in [5.41, 5.74) is 21.8. The number of allylic oxidation sites excluding steroid dienone is 4. The monoisotopic (exact) mass is 814 g/mol. The van der Waals surface area contributed by atoms with Gasteiger partial charge in [-0.1, -0.05) is 127 Å². The van der Waals surface area contributed by atoms with E-state index < -0.39 is 0 Å². The Bertz CT molecular complexity index is 1970. The summed E-state index contributed by atoms with van der Waals surface area (Å²) in [6.45, 7) is 24.3. The van der Waals surface area contributed by atoms with E-state index in [0.717, 1.165) is 6.42 Å². The van der Waals surface area contributed by atoms with Crippen molar-refractivity contribution in [3.05, 3.63) is 165 Å². The standard InChI is InChI=1S/C31H29.C11H17.C8H8.2ClH.Zr/c1-18-11-20(3)30(21(4)12-18)24-7-9-28-26(15-24)17-27-16-25(8-10-29(27)28)31-22(5)13-19(2)14-23(31)6;1-5-9-6-7-10(8-9)11(2,3)4;1-2-8-6-4-3-5-7-8;;;/h7-15H,17H2,1-6H3;7-9H,5H2,1-4H3;3-7H,1H3;2*1H;/q2*-1;;;;+2/p-2. The molecular formula is C50H54Cl2Zr-2. The summed E-state index contributed by atoms with van der Waals surface area (Å²) in [6, 6.07) is 34.9. The van der Waals surface area contributed by atoms with Crippen molar-refractivity contribution in [1.29, 1.82) is 0 Å². The molecule has 0 radical (unpaired) electrons. The van der Waals surface area contributed by atoms with E-state index in [1.54, 1.807) is 0 Å². The Morgan fingerprint density at radius 3 is 1.74 bits per heavy atom. The Morgan fingerprint density at radius 2 is 1.26 bits per heavy atom. The molecule has 0 amide bonds. The smallest absolute Gasteiger partial charge is 0.0125 e. The van der Waals surface area contributed by atoms with Crippen molar-refractivity contribution in [1.82, 2.24) is 0 Å². The Morgan fingerprint density at radius 1 is 0.717 bits per heavy atom. The second kappa shape index (κ2) is 19.0. The predicted molar refractivity (Wildman–Crippen MR) is 218 cm³/mol. The van der Waals surface area contributed by atoms with Crippen molar-refractivity contribution >= 4 is 3.21 Å². The van der Waals surface area contributed by atoms with Gasteiger partial charge in [0.1, 0.15) is 0 Å². The van der Waals surface area contributed by atoms with Crippen LogP contribution in [-0.4, -0.2) is 3.21 Å². The van der Waals surface area contributed by atoms with Gasteiger partial charge in [-0.05, 0) is 75.8 Å². The Kier molecular flexibility index (Phi) is 15.9. The molecule has 0 heterocycles. The quantitative estimate of drug-likeness (QED) is 0.163. The molecule has 2 aliphatic rings. The summed E-state index contributed by atoms with van der Waals surface area (Å²) in [6.07, 6.45) is 9.96.